The molecule has 1 aromatic heterocycles. The molecule has 1 aliphatic heterocycles. The highest BCUT2D eigenvalue weighted by Crippen LogP contribution is 2.47. The molecule has 0 saturated heterocycles. The van der Waals surface area contributed by atoms with Crippen molar-refractivity contribution in [2.45, 2.75) is 31.0 Å². The highest BCUT2D eigenvalue weighted by atomic mass is 19.4. The van der Waals surface area contributed by atoms with E-state index in [0.717, 1.165) is 10.6 Å². The maximum Gasteiger partial charge on any atom is 0.471 e. The number of aryl methyl sites for hydroxylation is 1. The average molecular weight is 392 g/mol. The van der Waals surface area contributed by atoms with Crippen molar-refractivity contribution in [1.29, 1.82) is 0 Å². The van der Waals surface area contributed by atoms with Crippen molar-refractivity contribution in [3.63, 3.8) is 0 Å². The summed E-state index contributed by atoms with van der Waals surface area (Å²) in [5.74, 6) is -2.27. The third-order valence-electron chi connectivity index (χ3n) is 5.35. The molecule has 6 nitrogen and oxygen atoms in total. The predicted octanol–water partition coefficient (Wildman–Crippen LogP) is 2.16. The Labute approximate surface area is 159 Å². The summed E-state index contributed by atoms with van der Waals surface area (Å²) in [6, 6.07) is 5.91. The molecule has 1 unspecified atom stereocenters. The fourth-order valence-corrected chi connectivity index (χ4v) is 3.88. The molecule has 1 aromatic carbocycles. The van der Waals surface area contributed by atoms with E-state index in [9.17, 15) is 22.8 Å². The lowest BCUT2D eigenvalue weighted by molar-refractivity contribution is -0.170. The zero-order valence-electron chi connectivity index (χ0n) is 15.1. The van der Waals surface area contributed by atoms with E-state index >= 15 is 0 Å². The molecule has 2 heterocycles. The number of fused-ring (bicyclic) bond motifs is 1. The molecule has 2 aliphatic rings. The minimum absolute atomic E-state index is 0.0660. The number of imidazole rings is 1. The Balaban J connectivity index is 1.48. The molecule has 2 amide bonds. The lowest BCUT2D eigenvalue weighted by Crippen LogP contribution is -2.53. The van der Waals surface area contributed by atoms with Gasteiger partial charge in [-0.1, -0.05) is 18.2 Å². The highest BCUT2D eigenvalue weighted by molar-refractivity contribution is 5.98. The number of hydrogen-bond acceptors (Lipinski definition) is 3. The van der Waals surface area contributed by atoms with Gasteiger partial charge >= 0.3 is 12.1 Å². The number of amides is 2. The van der Waals surface area contributed by atoms with E-state index in [4.69, 9.17) is 0 Å². The molecule has 0 bridgehead atoms. The molecule has 0 radical (unpaired) electrons. The van der Waals surface area contributed by atoms with Gasteiger partial charge in [-0.2, -0.15) is 13.2 Å². The fraction of sp³-hybridized carbons (Fsp3) is 0.421. The zero-order chi connectivity index (χ0) is 20.1. The van der Waals surface area contributed by atoms with Crippen LogP contribution in [0.15, 0.2) is 36.8 Å². The first kappa shape index (κ1) is 18.5. The number of alkyl halides is 3. The summed E-state index contributed by atoms with van der Waals surface area (Å²) in [5, 5.41) is 2.84. The normalized spacial score (nSPS) is 23.9. The molecule has 1 aliphatic carbocycles. The van der Waals surface area contributed by atoms with Gasteiger partial charge in [0.25, 0.3) is 0 Å². The Morgan fingerprint density at radius 3 is 2.68 bits per heavy atom. The Kier molecular flexibility index (Phi) is 4.40. The number of nitrogens with one attached hydrogen (secondary N) is 1. The number of carbonyl (C=O) groups is 2. The topological polar surface area (TPSA) is 67.2 Å². The van der Waals surface area contributed by atoms with Crippen molar-refractivity contribution in [2.75, 3.05) is 11.4 Å². The number of halogens is 3. The van der Waals surface area contributed by atoms with Gasteiger partial charge in [0.1, 0.15) is 0 Å². The molecular weight excluding hydrogens is 373 g/mol. The standard InChI is InChI=1S/C19H19F3N4O2/c1-25-10-23-8-16(25)13-7-14(13)17(27)24-12-6-11-4-2-3-5-15(11)26(9-12)18(28)19(20,21)22/h2-5,8,10,12-14H,6-7,9H2,1H3,(H,24,27)/t12?,13-,14-/m1/s1. The van der Waals surface area contributed by atoms with Gasteiger partial charge in [0.05, 0.1) is 12.4 Å². The first-order chi connectivity index (χ1) is 13.3. The lowest BCUT2D eigenvalue weighted by Gasteiger charge is -2.35. The highest BCUT2D eigenvalue weighted by Gasteiger charge is 2.48. The third-order valence-corrected chi connectivity index (χ3v) is 5.35. The van der Waals surface area contributed by atoms with Crippen LogP contribution in [0.5, 0.6) is 0 Å². The summed E-state index contributed by atoms with van der Waals surface area (Å²) < 4.78 is 40.9. The molecule has 1 N–H and O–H groups in total. The largest absolute Gasteiger partial charge is 0.471 e. The van der Waals surface area contributed by atoms with Crippen LogP contribution in [0, 0.1) is 5.92 Å². The third kappa shape index (κ3) is 3.36. The summed E-state index contributed by atoms with van der Waals surface area (Å²) in [7, 11) is 1.86. The number of nitrogens with zero attached hydrogens (tertiary/aromatic N) is 3. The molecule has 2 aromatic rings. The molecule has 0 spiro atoms. The van der Waals surface area contributed by atoms with Gasteiger partial charge in [-0.3, -0.25) is 9.59 Å². The SMILES string of the molecule is Cn1cncc1[C@@H]1C[C@H]1C(=O)NC1Cc2ccccc2N(C(=O)C(F)(F)F)C1. The van der Waals surface area contributed by atoms with E-state index in [1.807, 2.05) is 11.6 Å². The quantitative estimate of drug-likeness (QED) is 0.871. The number of carbonyl (C=O) groups excluding carboxylic acids is 2. The van der Waals surface area contributed by atoms with Crippen molar-refractivity contribution < 1.29 is 22.8 Å². The molecule has 3 atom stereocenters. The summed E-state index contributed by atoms with van der Waals surface area (Å²) in [6.45, 7) is -0.204. The number of rotatable bonds is 3. The number of para-hydroxylation sites is 1. The molecule has 1 saturated carbocycles. The van der Waals surface area contributed by atoms with Crippen molar-refractivity contribution in [3.05, 3.63) is 48.0 Å². The van der Waals surface area contributed by atoms with Gasteiger partial charge in [-0.05, 0) is 24.5 Å². The Hall–Kier alpha value is -2.84. The molecule has 9 heteroatoms. The number of benzene rings is 1. The van der Waals surface area contributed by atoms with Gasteiger partial charge in [-0.15, -0.1) is 0 Å². The van der Waals surface area contributed by atoms with E-state index in [2.05, 4.69) is 10.3 Å². The van der Waals surface area contributed by atoms with Crippen LogP contribution in [-0.4, -0.2) is 40.1 Å². The smallest absolute Gasteiger partial charge is 0.351 e. The average Bonchev–Trinajstić information content (AvgIpc) is 3.33. The minimum Gasteiger partial charge on any atom is -0.351 e. The van der Waals surface area contributed by atoms with Gasteiger partial charge in [-0.25, -0.2) is 4.98 Å². The van der Waals surface area contributed by atoms with E-state index < -0.39 is 18.1 Å². The van der Waals surface area contributed by atoms with Crippen LogP contribution in [0.1, 0.15) is 23.6 Å². The predicted molar refractivity (Wildman–Crippen MR) is 94.5 cm³/mol. The molecule has 1 fully saturated rings. The lowest BCUT2D eigenvalue weighted by atomic mass is 9.97. The number of hydrogen-bond donors (Lipinski definition) is 1. The van der Waals surface area contributed by atoms with Crippen LogP contribution in [0.3, 0.4) is 0 Å². The maximum absolute atomic E-state index is 13.0. The van der Waals surface area contributed by atoms with E-state index in [1.54, 1.807) is 30.7 Å². The summed E-state index contributed by atoms with van der Waals surface area (Å²) >= 11 is 0. The second kappa shape index (κ2) is 6.65. The van der Waals surface area contributed by atoms with Crippen molar-refractivity contribution in [3.8, 4) is 0 Å². The van der Waals surface area contributed by atoms with E-state index in [0.29, 0.717) is 18.4 Å². The number of aromatic nitrogens is 2. The first-order valence-electron chi connectivity index (χ1n) is 8.99. The van der Waals surface area contributed by atoms with Crippen LogP contribution in [0.2, 0.25) is 0 Å². The first-order valence-corrected chi connectivity index (χ1v) is 8.99. The van der Waals surface area contributed by atoms with Crippen LogP contribution in [0.25, 0.3) is 0 Å². The summed E-state index contributed by atoms with van der Waals surface area (Å²) in [4.78, 5) is 29.3. The summed E-state index contributed by atoms with van der Waals surface area (Å²) in [6.07, 6.45) is -0.521. The fourth-order valence-electron chi connectivity index (χ4n) is 3.88. The zero-order valence-corrected chi connectivity index (χ0v) is 15.1. The van der Waals surface area contributed by atoms with Crippen molar-refractivity contribution in [2.24, 2.45) is 13.0 Å². The van der Waals surface area contributed by atoms with Gasteiger partial charge in [0.2, 0.25) is 5.91 Å². The van der Waals surface area contributed by atoms with Gasteiger partial charge < -0.3 is 14.8 Å². The van der Waals surface area contributed by atoms with E-state index in [1.165, 1.54) is 6.07 Å². The van der Waals surface area contributed by atoms with Crippen molar-refractivity contribution >= 4 is 17.5 Å². The molecule has 4 rings (SSSR count). The Morgan fingerprint density at radius 1 is 1.25 bits per heavy atom. The van der Waals surface area contributed by atoms with Crippen LogP contribution < -0.4 is 10.2 Å². The van der Waals surface area contributed by atoms with Gasteiger partial charge in [0, 0.05) is 43.0 Å². The monoisotopic (exact) mass is 392 g/mol. The van der Waals surface area contributed by atoms with Crippen molar-refractivity contribution in [1.82, 2.24) is 14.9 Å². The second-order valence-electron chi connectivity index (χ2n) is 7.33. The van der Waals surface area contributed by atoms with E-state index in [-0.39, 0.29) is 30.0 Å². The minimum atomic E-state index is -4.97. The molecule has 148 valence electrons. The van der Waals surface area contributed by atoms with Crippen LogP contribution in [-0.2, 0) is 23.1 Å². The van der Waals surface area contributed by atoms with Crippen LogP contribution >= 0.6 is 0 Å². The molecular formula is C19H19F3N4O2. The second-order valence-corrected chi connectivity index (χ2v) is 7.33. The summed E-state index contributed by atoms with van der Waals surface area (Å²) in [5.41, 5.74) is 1.81. The molecule has 28 heavy (non-hydrogen) atoms. The van der Waals surface area contributed by atoms with Gasteiger partial charge in [0.15, 0.2) is 0 Å². The van der Waals surface area contributed by atoms with Crippen LogP contribution in [0.4, 0.5) is 18.9 Å². The maximum atomic E-state index is 13.0. The number of anilines is 1. The Morgan fingerprint density at radius 2 is 2.00 bits per heavy atom. The Bertz CT molecular complexity index is 924.